The Morgan fingerprint density at radius 1 is 1.30 bits per heavy atom. The van der Waals surface area contributed by atoms with Gasteiger partial charge >= 0.3 is 0 Å². The molecule has 0 radical (unpaired) electrons. The van der Waals surface area contributed by atoms with Crippen LogP contribution in [0.2, 0.25) is 0 Å². The number of rotatable bonds is 5. The minimum Gasteiger partial charge on any atom is -0.487 e. The van der Waals surface area contributed by atoms with E-state index in [2.05, 4.69) is 39.1 Å². The molecule has 148 valence electrons. The quantitative estimate of drug-likeness (QED) is 0.549. The summed E-state index contributed by atoms with van der Waals surface area (Å²) < 4.78 is 6.42. The van der Waals surface area contributed by atoms with Crippen molar-refractivity contribution in [2.24, 2.45) is 4.99 Å². The van der Waals surface area contributed by atoms with Gasteiger partial charge in [-0.1, -0.05) is 18.2 Å². The third-order valence-electron chi connectivity index (χ3n) is 5.34. The molecule has 1 heterocycles. The highest BCUT2D eigenvalue weighted by molar-refractivity contribution is 5.81. The van der Waals surface area contributed by atoms with E-state index < -0.39 is 0 Å². The van der Waals surface area contributed by atoms with Gasteiger partial charge in [-0.05, 0) is 45.6 Å². The van der Waals surface area contributed by atoms with Crippen LogP contribution in [0.1, 0.15) is 64.0 Å². The number of nitrogens with one attached hydrogen (secondary N) is 3. The molecule has 0 bridgehead atoms. The molecule has 27 heavy (non-hydrogen) atoms. The van der Waals surface area contributed by atoms with E-state index in [1.54, 1.807) is 7.05 Å². The Hall–Kier alpha value is -2.24. The van der Waals surface area contributed by atoms with E-state index in [4.69, 9.17) is 4.74 Å². The Kier molecular flexibility index (Phi) is 6.24. The molecular formula is C21H32N4O2. The molecule has 1 saturated carbocycles. The van der Waals surface area contributed by atoms with Gasteiger partial charge in [-0.3, -0.25) is 9.79 Å². The second-order valence-corrected chi connectivity index (χ2v) is 7.90. The van der Waals surface area contributed by atoms with Gasteiger partial charge in [0, 0.05) is 38.0 Å². The van der Waals surface area contributed by atoms with Crippen LogP contribution in [0.25, 0.3) is 0 Å². The Morgan fingerprint density at radius 3 is 2.74 bits per heavy atom. The molecule has 3 rings (SSSR count). The average Bonchev–Trinajstić information content (AvgIpc) is 3.07. The summed E-state index contributed by atoms with van der Waals surface area (Å²) in [7, 11) is 1.76. The maximum Gasteiger partial charge on any atom is 0.221 e. The number of carbonyl (C=O) groups is 1. The summed E-state index contributed by atoms with van der Waals surface area (Å²) >= 11 is 0. The number of amides is 1. The molecule has 1 amide bonds. The highest BCUT2D eigenvalue weighted by Crippen LogP contribution is 2.46. The number of hydrogen-bond acceptors (Lipinski definition) is 3. The normalized spacial score (nSPS) is 20.9. The van der Waals surface area contributed by atoms with E-state index >= 15 is 0 Å². The van der Waals surface area contributed by atoms with E-state index in [1.165, 1.54) is 18.4 Å². The highest BCUT2D eigenvalue weighted by Gasteiger charge is 2.43. The minimum atomic E-state index is -0.0535. The van der Waals surface area contributed by atoms with Crippen LogP contribution in [0.3, 0.4) is 0 Å². The summed E-state index contributed by atoms with van der Waals surface area (Å²) in [5.41, 5.74) is 1.12. The van der Waals surface area contributed by atoms with Gasteiger partial charge in [-0.25, -0.2) is 0 Å². The predicted molar refractivity (Wildman–Crippen MR) is 108 cm³/mol. The molecule has 6 heteroatoms. The standard InChI is InChI=1S/C21H32N4O2/c1-15(2)24-19(26)10-13-23-20(22-3)25-17-14-21(11-6-7-12-21)27-18-9-5-4-8-16(17)18/h4-5,8-9,15,17H,6-7,10-14H2,1-3H3,(H,24,26)(H2,22,23,25). The van der Waals surface area contributed by atoms with Crippen LogP contribution in [-0.2, 0) is 4.79 Å². The van der Waals surface area contributed by atoms with Crippen molar-refractivity contribution in [2.45, 2.75) is 70.1 Å². The summed E-state index contributed by atoms with van der Waals surface area (Å²) in [5, 5.41) is 9.73. The summed E-state index contributed by atoms with van der Waals surface area (Å²) in [6.45, 7) is 4.48. The number of ether oxygens (including phenoxy) is 1. The number of fused-ring (bicyclic) bond motifs is 1. The second-order valence-electron chi connectivity index (χ2n) is 7.90. The van der Waals surface area contributed by atoms with Crippen molar-refractivity contribution < 1.29 is 9.53 Å². The molecule has 1 aliphatic carbocycles. The van der Waals surface area contributed by atoms with E-state index in [0.717, 1.165) is 31.0 Å². The number of para-hydroxylation sites is 1. The zero-order valence-corrected chi connectivity index (χ0v) is 16.7. The van der Waals surface area contributed by atoms with Crippen molar-refractivity contribution in [3.05, 3.63) is 29.8 Å². The third-order valence-corrected chi connectivity index (χ3v) is 5.34. The Bertz CT molecular complexity index is 681. The lowest BCUT2D eigenvalue weighted by molar-refractivity contribution is -0.121. The lowest BCUT2D eigenvalue weighted by Gasteiger charge is -2.40. The number of guanidine groups is 1. The maximum absolute atomic E-state index is 11.8. The zero-order valence-electron chi connectivity index (χ0n) is 16.7. The van der Waals surface area contributed by atoms with Gasteiger partial charge in [0.15, 0.2) is 5.96 Å². The van der Waals surface area contributed by atoms with Crippen molar-refractivity contribution in [3.63, 3.8) is 0 Å². The topological polar surface area (TPSA) is 74.8 Å². The van der Waals surface area contributed by atoms with Gasteiger partial charge in [-0.2, -0.15) is 0 Å². The van der Waals surface area contributed by atoms with Crippen LogP contribution >= 0.6 is 0 Å². The van der Waals surface area contributed by atoms with Crippen molar-refractivity contribution >= 4 is 11.9 Å². The van der Waals surface area contributed by atoms with Gasteiger partial charge < -0.3 is 20.7 Å². The Morgan fingerprint density at radius 2 is 2.04 bits per heavy atom. The number of hydrogen-bond donors (Lipinski definition) is 3. The van der Waals surface area contributed by atoms with Gasteiger partial charge in [0.1, 0.15) is 11.4 Å². The first-order valence-electron chi connectivity index (χ1n) is 10.1. The van der Waals surface area contributed by atoms with Crippen LogP contribution in [0, 0.1) is 0 Å². The van der Waals surface area contributed by atoms with Crippen LogP contribution in [0.15, 0.2) is 29.3 Å². The van der Waals surface area contributed by atoms with Gasteiger partial charge in [0.05, 0.1) is 6.04 Å². The first kappa shape index (κ1) is 19.5. The summed E-state index contributed by atoms with van der Waals surface area (Å²) in [6, 6.07) is 8.59. The largest absolute Gasteiger partial charge is 0.487 e. The molecular weight excluding hydrogens is 340 g/mol. The molecule has 1 aromatic carbocycles. The van der Waals surface area contributed by atoms with E-state index in [1.807, 2.05) is 19.9 Å². The molecule has 3 N–H and O–H groups in total. The summed E-state index contributed by atoms with van der Waals surface area (Å²) in [4.78, 5) is 16.2. The molecule has 6 nitrogen and oxygen atoms in total. The summed E-state index contributed by atoms with van der Waals surface area (Å²) in [5.74, 6) is 1.76. The molecule has 1 atom stereocenters. The van der Waals surface area contributed by atoms with E-state index in [9.17, 15) is 4.79 Å². The third kappa shape index (κ3) is 4.93. The lowest BCUT2D eigenvalue weighted by atomic mass is 9.86. The van der Waals surface area contributed by atoms with E-state index in [0.29, 0.717) is 13.0 Å². The van der Waals surface area contributed by atoms with Crippen LogP contribution in [-0.4, -0.2) is 37.1 Å². The molecule has 1 spiro atoms. The zero-order chi connectivity index (χ0) is 19.3. The minimum absolute atomic E-state index is 0.0503. The molecule has 1 unspecified atom stereocenters. The molecule has 2 aliphatic rings. The van der Waals surface area contributed by atoms with Crippen molar-refractivity contribution in [3.8, 4) is 5.75 Å². The Balaban J connectivity index is 1.63. The van der Waals surface area contributed by atoms with Crippen molar-refractivity contribution in [1.82, 2.24) is 16.0 Å². The van der Waals surface area contributed by atoms with Crippen LogP contribution < -0.4 is 20.7 Å². The highest BCUT2D eigenvalue weighted by atomic mass is 16.5. The monoisotopic (exact) mass is 372 g/mol. The van der Waals surface area contributed by atoms with Crippen molar-refractivity contribution in [1.29, 1.82) is 0 Å². The number of nitrogens with zero attached hydrogens (tertiary/aromatic N) is 1. The molecule has 1 fully saturated rings. The van der Waals surface area contributed by atoms with Gasteiger partial charge in [0.25, 0.3) is 0 Å². The number of carbonyl (C=O) groups excluding carboxylic acids is 1. The van der Waals surface area contributed by atoms with Crippen LogP contribution in [0.4, 0.5) is 0 Å². The van der Waals surface area contributed by atoms with Gasteiger partial charge in [-0.15, -0.1) is 0 Å². The summed E-state index contributed by atoms with van der Waals surface area (Å²) in [6.07, 6.45) is 6.05. The first-order chi connectivity index (χ1) is 13.0. The molecule has 0 saturated heterocycles. The SMILES string of the molecule is CN=C(NCCC(=O)NC(C)C)NC1CC2(CCCC2)Oc2ccccc21. The van der Waals surface area contributed by atoms with Gasteiger partial charge in [0.2, 0.25) is 5.91 Å². The van der Waals surface area contributed by atoms with Crippen molar-refractivity contribution in [2.75, 3.05) is 13.6 Å². The van der Waals surface area contributed by atoms with Crippen LogP contribution in [0.5, 0.6) is 5.75 Å². The molecule has 0 aromatic heterocycles. The fraction of sp³-hybridized carbons (Fsp3) is 0.619. The fourth-order valence-electron chi connectivity index (χ4n) is 4.12. The first-order valence-corrected chi connectivity index (χ1v) is 10.1. The second kappa shape index (κ2) is 8.63. The van der Waals surface area contributed by atoms with E-state index in [-0.39, 0.29) is 23.6 Å². The fourth-order valence-corrected chi connectivity index (χ4v) is 4.12. The average molecular weight is 373 g/mol. The number of aliphatic imine (C=N–C) groups is 1. The molecule has 1 aromatic rings. The Labute approximate surface area is 162 Å². The predicted octanol–water partition coefficient (Wildman–Crippen LogP) is 2.90. The lowest BCUT2D eigenvalue weighted by Crippen LogP contribution is -2.47. The molecule has 1 aliphatic heterocycles. The maximum atomic E-state index is 11.8. The smallest absolute Gasteiger partial charge is 0.221 e. The number of benzene rings is 1.